The van der Waals surface area contributed by atoms with Crippen LogP contribution in [0.15, 0.2) is 54.6 Å². The van der Waals surface area contributed by atoms with E-state index in [1.54, 1.807) is 0 Å². The van der Waals surface area contributed by atoms with Gasteiger partial charge in [-0.2, -0.15) is 0 Å². The third kappa shape index (κ3) is 2.39. The summed E-state index contributed by atoms with van der Waals surface area (Å²) in [4.78, 5) is 17.2. The maximum atomic E-state index is 12.9. The topological polar surface area (TPSA) is 23.6 Å². The van der Waals surface area contributed by atoms with Gasteiger partial charge in [0.25, 0.3) is 0 Å². The normalized spacial score (nSPS) is 23.2. The predicted molar refractivity (Wildman–Crippen MR) is 97.3 cm³/mol. The van der Waals surface area contributed by atoms with Crippen molar-refractivity contribution in [3.63, 3.8) is 0 Å². The molecule has 0 aliphatic carbocycles. The summed E-state index contributed by atoms with van der Waals surface area (Å²) >= 11 is 0. The number of likely N-dealkylation sites (tertiary alicyclic amines) is 1. The fraction of sp³-hybridized carbons (Fsp3) is 0.381. The summed E-state index contributed by atoms with van der Waals surface area (Å²) in [6.07, 6.45) is 0.923. The van der Waals surface area contributed by atoms with Gasteiger partial charge in [0.2, 0.25) is 5.91 Å². The second-order valence-corrected chi connectivity index (χ2v) is 7.10. The van der Waals surface area contributed by atoms with E-state index in [4.69, 9.17) is 0 Å². The molecular weight excluding hydrogens is 296 g/mol. The van der Waals surface area contributed by atoms with Crippen molar-refractivity contribution in [2.75, 3.05) is 18.0 Å². The van der Waals surface area contributed by atoms with Crippen LogP contribution in [0, 0.1) is 0 Å². The largest absolute Gasteiger partial charge is 0.358 e. The van der Waals surface area contributed by atoms with E-state index in [9.17, 15) is 4.79 Å². The molecule has 2 aromatic rings. The Hall–Kier alpha value is -2.29. The minimum atomic E-state index is -0.0118. The van der Waals surface area contributed by atoms with E-state index in [1.807, 2.05) is 4.90 Å². The van der Waals surface area contributed by atoms with Gasteiger partial charge in [0, 0.05) is 30.7 Å². The Kier molecular flexibility index (Phi) is 3.79. The molecule has 1 amide bonds. The van der Waals surface area contributed by atoms with Gasteiger partial charge >= 0.3 is 0 Å². The molecule has 1 fully saturated rings. The quantitative estimate of drug-likeness (QED) is 0.862. The maximum Gasteiger partial charge on any atom is 0.245 e. The summed E-state index contributed by atoms with van der Waals surface area (Å²) in [7, 11) is 0. The molecule has 2 aliphatic heterocycles. The number of fused-ring (bicyclic) bond motifs is 1. The lowest BCUT2D eigenvalue weighted by molar-refractivity contribution is -0.130. The average Bonchev–Trinajstić information content (AvgIpc) is 3.16. The Balaban J connectivity index is 1.68. The molecule has 124 valence electrons. The van der Waals surface area contributed by atoms with Crippen LogP contribution in [0.5, 0.6) is 0 Å². The number of carbonyl (C=O) groups is 1. The van der Waals surface area contributed by atoms with Crippen molar-refractivity contribution in [2.24, 2.45) is 0 Å². The van der Waals surface area contributed by atoms with Crippen LogP contribution >= 0.6 is 0 Å². The van der Waals surface area contributed by atoms with Crippen LogP contribution in [-0.4, -0.2) is 36.0 Å². The lowest BCUT2D eigenvalue weighted by Gasteiger charge is -2.27. The molecule has 2 aromatic carbocycles. The molecule has 0 N–H and O–H groups in total. The van der Waals surface area contributed by atoms with Gasteiger partial charge in [-0.05, 0) is 37.5 Å². The van der Waals surface area contributed by atoms with Crippen LogP contribution in [0.2, 0.25) is 0 Å². The number of carbonyl (C=O) groups excluding carboxylic acids is 1. The monoisotopic (exact) mass is 320 g/mol. The van der Waals surface area contributed by atoms with Crippen LogP contribution in [0.3, 0.4) is 0 Å². The highest BCUT2D eigenvalue weighted by Gasteiger charge is 2.41. The molecule has 4 rings (SSSR count). The lowest BCUT2D eigenvalue weighted by atomic mass is 9.93. The number of hydrogen-bond acceptors (Lipinski definition) is 2. The van der Waals surface area contributed by atoms with Gasteiger partial charge in [-0.1, -0.05) is 48.5 Å². The molecule has 0 aromatic heterocycles. The Morgan fingerprint density at radius 2 is 1.71 bits per heavy atom. The number of rotatable bonds is 3. The number of anilines is 1. The minimum absolute atomic E-state index is 0.0118. The smallest absolute Gasteiger partial charge is 0.245 e. The number of para-hydroxylation sites is 1. The van der Waals surface area contributed by atoms with Gasteiger partial charge in [-0.25, -0.2) is 0 Å². The van der Waals surface area contributed by atoms with E-state index in [0.29, 0.717) is 5.92 Å². The average molecular weight is 320 g/mol. The third-order valence-electron chi connectivity index (χ3n) is 5.41. The standard InChI is InChI=1S/C21H24N2O/c1-15(2)22-13-12-20(21(22)24)23-14-18(16-8-4-3-5-9-16)17-10-6-7-11-19(17)23/h3-11,15,18,20H,12-14H2,1-2H3. The van der Waals surface area contributed by atoms with Gasteiger partial charge in [-0.15, -0.1) is 0 Å². The Morgan fingerprint density at radius 1 is 1.00 bits per heavy atom. The minimum Gasteiger partial charge on any atom is -0.358 e. The molecule has 0 spiro atoms. The van der Waals surface area contributed by atoms with E-state index in [-0.39, 0.29) is 18.0 Å². The van der Waals surface area contributed by atoms with Gasteiger partial charge in [0.1, 0.15) is 6.04 Å². The SMILES string of the molecule is CC(C)N1CCC(N2CC(c3ccccc3)c3ccccc32)C1=O. The predicted octanol–water partition coefficient (Wildman–Crippen LogP) is 3.65. The fourth-order valence-electron chi connectivity index (χ4n) is 4.19. The summed E-state index contributed by atoms with van der Waals surface area (Å²) in [6, 6.07) is 19.5. The highest BCUT2D eigenvalue weighted by atomic mass is 16.2. The number of amides is 1. The van der Waals surface area contributed by atoms with Crippen molar-refractivity contribution in [1.29, 1.82) is 0 Å². The second kappa shape index (κ2) is 5.97. The van der Waals surface area contributed by atoms with E-state index in [1.165, 1.54) is 16.8 Å². The second-order valence-electron chi connectivity index (χ2n) is 7.10. The lowest BCUT2D eigenvalue weighted by Crippen LogP contribution is -2.43. The van der Waals surface area contributed by atoms with Gasteiger partial charge < -0.3 is 9.80 Å². The molecule has 3 nitrogen and oxygen atoms in total. The van der Waals surface area contributed by atoms with Crippen LogP contribution in [0.1, 0.15) is 37.3 Å². The van der Waals surface area contributed by atoms with Gasteiger partial charge in [0.05, 0.1) is 0 Å². The molecular formula is C21H24N2O. The van der Waals surface area contributed by atoms with E-state index in [0.717, 1.165) is 19.5 Å². The van der Waals surface area contributed by atoms with E-state index < -0.39 is 0 Å². The zero-order valence-corrected chi connectivity index (χ0v) is 14.4. The first-order valence-electron chi connectivity index (χ1n) is 8.88. The summed E-state index contributed by atoms with van der Waals surface area (Å²) in [5, 5.41) is 0. The number of hydrogen-bond donors (Lipinski definition) is 0. The highest BCUT2D eigenvalue weighted by molar-refractivity contribution is 5.88. The Bertz CT molecular complexity index is 741. The maximum absolute atomic E-state index is 12.9. The first kappa shape index (κ1) is 15.3. The molecule has 3 heteroatoms. The zero-order chi connectivity index (χ0) is 16.7. The fourth-order valence-corrected chi connectivity index (χ4v) is 4.19. The summed E-state index contributed by atoms with van der Waals surface area (Å²) < 4.78 is 0. The number of benzene rings is 2. The van der Waals surface area contributed by atoms with Gasteiger partial charge in [0.15, 0.2) is 0 Å². The molecule has 0 saturated carbocycles. The van der Waals surface area contributed by atoms with Gasteiger partial charge in [-0.3, -0.25) is 4.79 Å². The molecule has 1 saturated heterocycles. The van der Waals surface area contributed by atoms with Crippen LogP contribution in [0.25, 0.3) is 0 Å². The molecule has 0 bridgehead atoms. The van der Waals surface area contributed by atoms with Crippen molar-refractivity contribution in [3.8, 4) is 0 Å². The van der Waals surface area contributed by atoms with E-state index >= 15 is 0 Å². The van der Waals surface area contributed by atoms with Crippen LogP contribution in [0.4, 0.5) is 5.69 Å². The highest BCUT2D eigenvalue weighted by Crippen LogP contribution is 2.42. The Labute approximate surface area is 143 Å². The molecule has 2 heterocycles. The summed E-state index contributed by atoms with van der Waals surface area (Å²) in [6.45, 7) is 5.97. The van der Waals surface area contributed by atoms with Crippen molar-refractivity contribution >= 4 is 11.6 Å². The number of nitrogens with zero attached hydrogens (tertiary/aromatic N) is 2. The summed E-state index contributed by atoms with van der Waals surface area (Å²) in [5.74, 6) is 0.636. The third-order valence-corrected chi connectivity index (χ3v) is 5.41. The van der Waals surface area contributed by atoms with Crippen molar-refractivity contribution in [2.45, 2.75) is 38.3 Å². The molecule has 2 unspecified atom stereocenters. The first-order chi connectivity index (χ1) is 11.7. The summed E-state index contributed by atoms with van der Waals surface area (Å²) in [5.41, 5.74) is 3.91. The van der Waals surface area contributed by atoms with E-state index in [2.05, 4.69) is 73.3 Å². The first-order valence-corrected chi connectivity index (χ1v) is 8.88. The Morgan fingerprint density at radius 3 is 2.42 bits per heavy atom. The van der Waals surface area contributed by atoms with Crippen molar-refractivity contribution in [3.05, 3.63) is 65.7 Å². The molecule has 24 heavy (non-hydrogen) atoms. The van der Waals surface area contributed by atoms with Crippen molar-refractivity contribution < 1.29 is 4.79 Å². The molecule has 2 atom stereocenters. The molecule has 2 aliphatic rings. The zero-order valence-electron chi connectivity index (χ0n) is 14.4. The van der Waals surface area contributed by atoms with Crippen LogP contribution in [-0.2, 0) is 4.79 Å². The van der Waals surface area contributed by atoms with Crippen LogP contribution < -0.4 is 4.90 Å². The van der Waals surface area contributed by atoms with Crippen molar-refractivity contribution in [1.82, 2.24) is 4.90 Å². The molecule has 0 radical (unpaired) electrons.